The van der Waals surface area contributed by atoms with Gasteiger partial charge in [-0.05, 0) is 19.3 Å². The van der Waals surface area contributed by atoms with E-state index in [1.807, 2.05) is 0 Å². The highest BCUT2D eigenvalue weighted by atomic mass is 16.4. The van der Waals surface area contributed by atoms with Gasteiger partial charge >= 0.3 is 0 Å². The smallest absolute Gasteiger partial charge is 0.290 e. The molecule has 0 spiro atoms. The van der Waals surface area contributed by atoms with Gasteiger partial charge in [0.2, 0.25) is 5.78 Å². The van der Waals surface area contributed by atoms with E-state index in [1.54, 1.807) is 0 Å². The van der Waals surface area contributed by atoms with Gasteiger partial charge in [0, 0.05) is 13.5 Å². The Labute approximate surface area is 81.7 Å². The third-order valence-electron chi connectivity index (χ3n) is 2.34. The lowest BCUT2D eigenvalue weighted by Crippen LogP contribution is -2.54. The van der Waals surface area contributed by atoms with Gasteiger partial charge in [-0.1, -0.05) is 0 Å². The first-order chi connectivity index (χ1) is 6.54. The number of amides is 1. The van der Waals surface area contributed by atoms with Gasteiger partial charge in [-0.15, -0.1) is 0 Å². The Balaban J connectivity index is 2.77. The summed E-state index contributed by atoms with van der Waals surface area (Å²) in [4.78, 5) is 33.9. The molecule has 0 saturated carbocycles. The second-order valence-electron chi connectivity index (χ2n) is 3.39. The largest absolute Gasteiger partial charge is 0.548 e. The number of hydrogen-bond donors (Lipinski definition) is 0. The predicted molar refractivity (Wildman–Crippen MR) is 45.0 cm³/mol. The molecule has 0 bridgehead atoms. The Hall–Kier alpha value is -1.39. The van der Waals surface area contributed by atoms with Crippen molar-refractivity contribution in [2.75, 3.05) is 6.54 Å². The minimum Gasteiger partial charge on any atom is -0.548 e. The van der Waals surface area contributed by atoms with E-state index in [4.69, 9.17) is 0 Å². The molecule has 1 rings (SSSR count). The number of aliphatic carboxylic acids is 1. The highest BCUT2D eigenvalue weighted by Crippen LogP contribution is 2.16. The van der Waals surface area contributed by atoms with Gasteiger partial charge < -0.3 is 14.8 Å². The molecule has 1 unspecified atom stereocenters. The Morgan fingerprint density at radius 3 is 2.43 bits per heavy atom. The zero-order valence-electron chi connectivity index (χ0n) is 7.99. The van der Waals surface area contributed by atoms with Gasteiger partial charge in [-0.2, -0.15) is 0 Å². The van der Waals surface area contributed by atoms with Gasteiger partial charge in [-0.3, -0.25) is 9.59 Å². The second-order valence-corrected chi connectivity index (χ2v) is 3.39. The molecule has 0 aromatic carbocycles. The van der Waals surface area contributed by atoms with Crippen molar-refractivity contribution in [3.05, 3.63) is 0 Å². The number of carbonyl (C=O) groups is 3. The topological polar surface area (TPSA) is 77.5 Å². The van der Waals surface area contributed by atoms with Gasteiger partial charge in [0.05, 0.1) is 12.0 Å². The van der Waals surface area contributed by atoms with E-state index in [1.165, 1.54) is 0 Å². The van der Waals surface area contributed by atoms with Crippen molar-refractivity contribution in [2.24, 2.45) is 0 Å². The van der Waals surface area contributed by atoms with Gasteiger partial charge in [0.25, 0.3) is 5.91 Å². The number of carboxylic acids is 1. The standard InChI is InChI=1S/C9H13NO4/c1-6(11)8(12)10-5-3-2-4-7(10)9(13)14/h7H,2-5H2,1H3,(H,13,14)/p-1. The molecule has 1 amide bonds. The van der Waals surface area contributed by atoms with E-state index < -0.39 is 23.7 Å². The van der Waals surface area contributed by atoms with Crippen LogP contribution in [0.25, 0.3) is 0 Å². The van der Waals surface area contributed by atoms with Crippen molar-refractivity contribution < 1.29 is 19.5 Å². The highest BCUT2D eigenvalue weighted by molar-refractivity contribution is 6.35. The minimum atomic E-state index is -1.28. The molecule has 0 radical (unpaired) electrons. The number of carbonyl (C=O) groups excluding carboxylic acids is 3. The van der Waals surface area contributed by atoms with Crippen LogP contribution < -0.4 is 5.11 Å². The molecular weight excluding hydrogens is 186 g/mol. The molecule has 1 aliphatic rings. The van der Waals surface area contributed by atoms with Gasteiger partial charge in [0.1, 0.15) is 0 Å². The summed E-state index contributed by atoms with van der Waals surface area (Å²) < 4.78 is 0. The molecule has 1 atom stereocenters. The number of piperidine rings is 1. The number of likely N-dealkylation sites (tertiary alicyclic amines) is 1. The summed E-state index contributed by atoms with van der Waals surface area (Å²) >= 11 is 0. The van der Waals surface area contributed by atoms with Gasteiger partial charge in [0.15, 0.2) is 0 Å². The summed E-state index contributed by atoms with van der Waals surface area (Å²) in [5.74, 6) is -2.63. The zero-order chi connectivity index (χ0) is 10.7. The van der Waals surface area contributed by atoms with E-state index >= 15 is 0 Å². The molecule has 1 heterocycles. The second kappa shape index (κ2) is 4.21. The first-order valence-corrected chi connectivity index (χ1v) is 4.56. The number of ketones is 1. The van der Waals surface area contributed by atoms with E-state index in [0.29, 0.717) is 13.0 Å². The average Bonchev–Trinajstić information content (AvgIpc) is 2.16. The summed E-state index contributed by atoms with van der Waals surface area (Å²) in [6.07, 6.45) is 1.87. The highest BCUT2D eigenvalue weighted by Gasteiger charge is 2.29. The Morgan fingerprint density at radius 1 is 1.29 bits per heavy atom. The molecule has 78 valence electrons. The lowest BCUT2D eigenvalue weighted by atomic mass is 10.0. The Morgan fingerprint density at radius 2 is 1.93 bits per heavy atom. The Kier molecular flexibility index (Phi) is 3.22. The molecule has 0 aromatic rings. The third kappa shape index (κ3) is 2.10. The van der Waals surface area contributed by atoms with Crippen LogP contribution in [0.4, 0.5) is 0 Å². The van der Waals surface area contributed by atoms with E-state index in [-0.39, 0.29) is 0 Å². The van der Waals surface area contributed by atoms with E-state index in [9.17, 15) is 19.5 Å². The summed E-state index contributed by atoms with van der Waals surface area (Å²) in [6.45, 7) is 1.47. The first kappa shape index (κ1) is 10.7. The number of rotatable bonds is 2. The molecule has 0 aromatic heterocycles. The van der Waals surface area contributed by atoms with Crippen molar-refractivity contribution >= 4 is 17.7 Å². The van der Waals surface area contributed by atoms with E-state index in [0.717, 1.165) is 24.7 Å². The fourth-order valence-electron chi connectivity index (χ4n) is 1.62. The first-order valence-electron chi connectivity index (χ1n) is 4.56. The van der Waals surface area contributed by atoms with Crippen LogP contribution in [0.3, 0.4) is 0 Å². The molecule has 5 heteroatoms. The molecular formula is C9H12NO4-. The van der Waals surface area contributed by atoms with Crippen molar-refractivity contribution in [3.8, 4) is 0 Å². The Bertz CT molecular complexity index is 274. The van der Waals surface area contributed by atoms with Crippen LogP contribution in [0.1, 0.15) is 26.2 Å². The summed E-state index contributed by atoms with van der Waals surface area (Å²) in [7, 11) is 0. The van der Waals surface area contributed by atoms with Crippen molar-refractivity contribution in [1.29, 1.82) is 0 Å². The molecule has 0 aliphatic carbocycles. The summed E-state index contributed by atoms with van der Waals surface area (Å²) in [5.41, 5.74) is 0. The van der Waals surface area contributed by atoms with Gasteiger partial charge in [-0.25, -0.2) is 0 Å². The molecule has 14 heavy (non-hydrogen) atoms. The summed E-state index contributed by atoms with van der Waals surface area (Å²) in [5, 5.41) is 10.7. The molecule has 0 N–H and O–H groups in total. The monoisotopic (exact) mass is 198 g/mol. The van der Waals surface area contributed by atoms with Crippen LogP contribution in [0.15, 0.2) is 0 Å². The van der Waals surface area contributed by atoms with Crippen LogP contribution >= 0.6 is 0 Å². The quantitative estimate of drug-likeness (QED) is 0.517. The molecule has 1 fully saturated rings. The summed E-state index contributed by atoms with van der Waals surface area (Å²) in [6, 6.07) is -0.930. The molecule has 1 saturated heterocycles. The van der Waals surface area contributed by atoms with Crippen LogP contribution in [0.2, 0.25) is 0 Å². The van der Waals surface area contributed by atoms with Crippen LogP contribution in [-0.4, -0.2) is 35.1 Å². The third-order valence-corrected chi connectivity index (χ3v) is 2.34. The average molecular weight is 198 g/mol. The van der Waals surface area contributed by atoms with Crippen molar-refractivity contribution in [3.63, 3.8) is 0 Å². The molecule has 1 aliphatic heterocycles. The molecule has 5 nitrogen and oxygen atoms in total. The van der Waals surface area contributed by atoms with Crippen LogP contribution in [0, 0.1) is 0 Å². The number of nitrogens with zero attached hydrogens (tertiary/aromatic N) is 1. The maximum atomic E-state index is 11.3. The van der Waals surface area contributed by atoms with Crippen molar-refractivity contribution in [1.82, 2.24) is 4.90 Å². The van der Waals surface area contributed by atoms with Crippen molar-refractivity contribution in [2.45, 2.75) is 32.2 Å². The lowest BCUT2D eigenvalue weighted by Gasteiger charge is -2.35. The normalized spacial score (nSPS) is 21.8. The fraction of sp³-hybridized carbons (Fsp3) is 0.667. The lowest BCUT2D eigenvalue weighted by molar-refractivity contribution is -0.312. The SMILES string of the molecule is CC(=O)C(=O)N1CCCCC1C(=O)[O-]. The number of hydrogen-bond acceptors (Lipinski definition) is 4. The number of carboxylic acid groups (broad SMARTS) is 1. The van der Waals surface area contributed by atoms with Crippen LogP contribution in [0.5, 0.6) is 0 Å². The number of Topliss-reactive ketones (excluding diaryl/α,β-unsaturated/α-hetero) is 1. The predicted octanol–water partition coefficient (Wildman–Crippen LogP) is -1.29. The van der Waals surface area contributed by atoms with Crippen LogP contribution in [-0.2, 0) is 14.4 Å². The van der Waals surface area contributed by atoms with E-state index in [2.05, 4.69) is 0 Å². The zero-order valence-corrected chi connectivity index (χ0v) is 7.99. The maximum absolute atomic E-state index is 11.3. The fourth-order valence-corrected chi connectivity index (χ4v) is 1.62. The minimum absolute atomic E-state index is 0.330. The maximum Gasteiger partial charge on any atom is 0.290 e.